The van der Waals surface area contributed by atoms with Crippen molar-refractivity contribution in [2.75, 3.05) is 10.6 Å². The number of halogens is 1. The monoisotopic (exact) mass is 530 g/mol. The van der Waals surface area contributed by atoms with Gasteiger partial charge in [-0.2, -0.15) is 0 Å². The molecule has 2 aromatic carbocycles. The average Bonchev–Trinajstić information content (AvgIpc) is 2.67. The molecular formula is C19H19IN2O6S. The molecule has 10 heteroatoms. The molecule has 154 valence electrons. The van der Waals surface area contributed by atoms with Gasteiger partial charge in [-0.1, -0.05) is 22.6 Å². The van der Waals surface area contributed by atoms with Crippen molar-refractivity contribution in [1.82, 2.24) is 0 Å². The lowest BCUT2D eigenvalue weighted by atomic mass is 10.2. The van der Waals surface area contributed by atoms with Gasteiger partial charge in [0.25, 0.3) is 0 Å². The third kappa shape index (κ3) is 6.53. The van der Waals surface area contributed by atoms with E-state index in [9.17, 15) is 22.8 Å². The number of carbonyl (C=O) groups is 3. The first-order chi connectivity index (χ1) is 13.6. The van der Waals surface area contributed by atoms with E-state index in [-0.39, 0.29) is 32.5 Å². The number of hydrogen-bond acceptors (Lipinski definition) is 5. The molecule has 1 atom stereocenters. The van der Waals surface area contributed by atoms with Gasteiger partial charge in [-0.3, -0.25) is 14.4 Å². The van der Waals surface area contributed by atoms with Crippen LogP contribution in [0.5, 0.6) is 0 Å². The summed E-state index contributed by atoms with van der Waals surface area (Å²) in [6, 6.07) is 11.4. The number of amides is 2. The second-order valence-corrected chi connectivity index (χ2v) is 9.92. The van der Waals surface area contributed by atoms with Gasteiger partial charge in [0.2, 0.25) is 21.7 Å². The van der Waals surface area contributed by atoms with Crippen molar-refractivity contribution in [2.45, 2.75) is 33.5 Å². The van der Waals surface area contributed by atoms with E-state index >= 15 is 0 Å². The summed E-state index contributed by atoms with van der Waals surface area (Å²) in [6.45, 7) is 1.74. The molecule has 0 saturated heterocycles. The normalized spacial score (nSPS) is 12.1. The standard InChI is InChI=1S/C19H19IN2O6S/c1-12(20)19(26)22-14-4-8-16(9-5-14)29(27,28)15-6-2-13(3-7-15)21-17(23)10-11-18(24)25/h2-9,12H,10-11H2,1H3,(H,21,23)(H,22,26)(H,24,25). The van der Waals surface area contributed by atoms with E-state index in [1.54, 1.807) is 6.92 Å². The van der Waals surface area contributed by atoms with Crippen molar-refractivity contribution in [3.63, 3.8) is 0 Å². The first-order valence-electron chi connectivity index (χ1n) is 8.51. The average molecular weight is 530 g/mol. The second kappa shape index (κ2) is 9.83. The molecule has 3 N–H and O–H groups in total. The molecule has 0 heterocycles. The number of nitrogens with one attached hydrogen (secondary N) is 2. The number of rotatable bonds is 8. The molecule has 0 aliphatic rings. The predicted octanol–water partition coefficient (Wildman–Crippen LogP) is 3.08. The van der Waals surface area contributed by atoms with E-state index in [1.807, 2.05) is 22.6 Å². The summed E-state index contributed by atoms with van der Waals surface area (Å²) in [5.41, 5.74) is 0.863. The topological polar surface area (TPSA) is 130 Å². The minimum Gasteiger partial charge on any atom is -0.481 e. The lowest BCUT2D eigenvalue weighted by Gasteiger charge is -2.09. The van der Waals surface area contributed by atoms with Gasteiger partial charge < -0.3 is 15.7 Å². The fourth-order valence-electron chi connectivity index (χ4n) is 2.26. The number of hydrogen-bond donors (Lipinski definition) is 3. The van der Waals surface area contributed by atoms with Crippen LogP contribution >= 0.6 is 22.6 Å². The summed E-state index contributed by atoms with van der Waals surface area (Å²) in [6.07, 6.45) is -0.458. The summed E-state index contributed by atoms with van der Waals surface area (Å²) in [4.78, 5) is 33.9. The summed E-state index contributed by atoms with van der Waals surface area (Å²) in [5.74, 6) is -1.72. The molecule has 29 heavy (non-hydrogen) atoms. The molecule has 2 aromatic rings. The van der Waals surface area contributed by atoms with E-state index in [0.29, 0.717) is 11.4 Å². The Morgan fingerprint density at radius 1 is 0.897 bits per heavy atom. The molecule has 0 aliphatic carbocycles. The van der Waals surface area contributed by atoms with Crippen molar-refractivity contribution < 1.29 is 27.9 Å². The van der Waals surface area contributed by atoms with Crippen LogP contribution in [0.3, 0.4) is 0 Å². The van der Waals surface area contributed by atoms with Gasteiger partial charge in [0.1, 0.15) is 0 Å². The highest BCUT2D eigenvalue weighted by molar-refractivity contribution is 14.1. The Kier molecular flexibility index (Phi) is 7.73. The molecule has 0 saturated carbocycles. The number of carboxylic acid groups (broad SMARTS) is 1. The van der Waals surface area contributed by atoms with E-state index in [0.717, 1.165) is 0 Å². The second-order valence-electron chi connectivity index (χ2n) is 6.10. The van der Waals surface area contributed by atoms with Crippen molar-refractivity contribution in [3.8, 4) is 0 Å². The lowest BCUT2D eigenvalue weighted by Crippen LogP contribution is -2.19. The number of carboxylic acids is 1. The molecule has 0 bridgehead atoms. The van der Waals surface area contributed by atoms with Crippen LogP contribution in [0.25, 0.3) is 0 Å². The summed E-state index contributed by atoms with van der Waals surface area (Å²) < 4.78 is 25.3. The van der Waals surface area contributed by atoms with Gasteiger partial charge in [-0.15, -0.1) is 0 Å². The number of aliphatic carboxylic acids is 1. The largest absolute Gasteiger partial charge is 0.481 e. The molecule has 1 unspecified atom stereocenters. The van der Waals surface area contributed by atoms with E-state index in [1.165, 1.54) is 48.5 Å². The zero-order valence-electron chi connectivity index (χ0n) is 15.4. The van der Waals surface area contributed by atoms with Crippen molar-refractivity contribution in [2.24, 2.45) is 0 Å². The molecule has 0 spiro atoms. The molecule has 0 aromatic heterocycles. The summed E-state index contributed by atoms with van der Waals surface area (Å²) >= 11 is 1.98. The van der Waals surface area contributed by atoms with E-state index < -0.39 is 21.7 Å². The van der Waals surface area contributed by atoms with Crippen molar-refractivity contribution in [1.29, 1.82) is 0 Å². The Morgan fingerprint density at radius 2 is 1.34 bits per heavy atom. The Bertz CT molecular complexity index is 1000. The maximum absolute atomic E-state index is 12.7. The highest BCUT2D eigenvalue weighted by Crippen LogP contribution is 2.24. The Hall–Kier alpha value is -2.47. The maximum atomic E-state index is 12.7. The smallest absolute Gasteiger partial charge is 0.303 e. The van der Waals surface area contributed by atoms with Gasteiger partial charge in [0.05, 0.1) is 20.1 Å². The van der Waals surface area contributed by atoms with Crippen LogP contribution in [0, 0.1) is 0 Å². The van der Waals surface area contributed by atoms with Crippen LogP contribution in [0.15, 0.2) is 58.3 Å². The molecule has 2 rings (SSSR count). The van der Waals surface area contributed by atoms with E-state index in [4.69, 9.17) is 5.11 Å². The van der Waals surface area contributed by atoms with Crippen LogP contribution in [0.4, 0.5) is 11.4 Å². The highest BCUT2D eigenvalue weighted by atomic mass is 127. The minimum absolute atomic E-state index is 0.0405. The molecule has 2 amide bonds. The zero-order valence-corrected chi connectivity index (χ0v) is 18.4. The summed E-state index contributed by atoms with van der Waals surface area (Å²) in [7, 11) is -3.77. The molecule has 0 aliphatic heterocycles. The van der Waals surface area contributed by atoms with Gasteiger partial charge >= 0.3 is 5.97 Å². The van der Waals surface area contributed by atoms with Crippen molar-refractivity contribution in [3.05, 3.63) is 48.5 Å². The zero-order chi connectivity index (χ0) is 21.6. The fourth-order valence-corrected chi connectivity index (χ4v) is 3.67. The van der Waals surface area contributed by atoms with E-state index in [2.05, 4.69) is 10.6 Å². The van der Waals surface area contributed by atoms with Crippen LogP contribution in [0.1, 0.15) is 19.8 Å². The quantitative estimate of drug-likeness (QED) is 0.356. The maximum Gasteiger partial charge on any atom is 0.303 e. The van der Waals surface area contributed by atoms with Crippen LogP contribution < -0.4 is 10.6 Å². The third-order valence-corrected chi connectivity index (χ3v) is 6.16. The first kappa shape index (κ1) is 22.8. The Balaban J connectivity index is 2.10. The fraction of sp³-hybridized carbons (Fsp3) is 0.211. The number of sulfone groups is 1. The third-order valence-electron chi connectivity index (χ3n) is 3.81. The van der Waals surface area contributed by atoms with Crippen molar-refractivity contribution >= 4 is 61.6 Å². The first-order valence-corrected chi connectivity index (χ1v) is 11.2. The molecule has 0 fully saturated rings. The van der Waals surface area contributed by atoms with Gasteiger partial charge in [0.15, 0.2) is 0 Å². The molecule has 8 nitrogen and oxygen atoms in total. The van der Waals surface area contributed by atoms with Crippen LogP contribution in [-0.2, 0) is 24.2 Å². The number of carbonyl (C=O) groups excluding carboxylic acids is 2. The summed E-state index contributed by atoms with van der Waals surface area (Å²) in [5, 5.41) is 13.8. The number of anilines is 2. The van der Waals surface area contributed by atoms with Crippen LogP contribution in [0.2, 0.25) is 0 Å². The number of benzene rings is 2. The number of alkyl halides is 1. The van der Waals surface area contributed by atoms with Gasteiger partial charge in [0, 0.05) is 17.8 Å². The van der Waals surface area contributed by atoms with Gasteiger partial charge in [-0.05, 0) is 55.5 Å². The Morgan fingerprint density at radius 3 is 1.76 bits per heavy atom. The lowest BCUT2D eigenvalue weighted by molar-refractivity contribution is -0.138. The SMILES string of the molecule is CC(I)C(=O)Nc1ccc(S(=O)(=O)c2ccc(NC(=O)CCC(=O)O)cc2)cc1. The Labute approximate surface area is 181 Å². The molecule has 0 radical (unpaired) electrons. The minimum atomic E-state index is -3.77. The predicted molar refractivity (Wildman–Crippen MR) is 116 cm³/mol. The van der Waals surface area contributed by atoms with Crippen LogP contribution in [-0.4, -0.2) is 35.2 Å². The molecular weight excluding hydrogens is 511 g/mol. The highest BCUT2D eigenvalue weighted by Gasteiger charge is 2.18. The van der Waals surface area contributed by atoms with Gasteiger partial charge in [-0.25, -0.2) is 8.42 Å².